The van der Waals surface area contributed by atoms with Crippen LogP contribution in [0.5, 0.6) is 11.5 Å². The lowest BCUT2D eigenvalue weighted by Crippen LogP contribution is -2.37. The highest BCUT2D eigenvalue weighted by molar-refractivity contribution is 7.09. The van der Waals surface area contributed by atoms with Crippen LogP contribution in [-0.4, -0.2) is 28.9 Å². The second kappa shape index (κ2) is 10.3. The predicted octanol–water partition coefficient (Wildman–Crippen LogP) is 5.48. The molecule has 6 heteroatoms. The molecule has 0 unspecified atom stereocenters. The average Bonchev–Trinajstić information content (AvgIpc) is 3.23. The number of rotatable bonds is 9. The van der Waals surface area contributed by atoms with Crippen LogP contribution in [0.1, 0.15) is 46.9 Å². The Morgan fingerprint density at radius 3 is 2.57 bits per heavy atom. The Labute approximate surface area is 182 Å². The van der Waals surface area contributed by atoms with Crippen molar-refractivity contribution in [2.45, 2.75) is 46.4 Å². The molecule has 0 aliphatic rings. The van der Waals surface area contributed by atoms with Crippen molar-refractivity contribution in [2.24, 2.45) is 0 Å². The molecule has 0 fully saturated rings. The molecule has 0 saturated carbocycles. The van der Waals surface area contributed by atoms with Crippen molar-refractivity contribution in [1.82, 2.24) is 9.88 Å². The topological polar surface area (TPSA) is 51.7 Å². The monoisotopic (exact) mass is 424 g/mol. The number of hydrogen-bond donors (Lipinski definition) is 0. The third kappa shape index (κ3) is 5.39. The van der Waals surface area contributed by atoms with E-state index in [2.05, 4.69) is 13.8 Å². The first-order valence-corrected chi connectivity index (χ1v) is 11.0. The lowest BCUT2D eigenvalue weighted by Gasteiger charge is -2.28. The standard InChI is InChI=1S/C24H28N2O3S/c1-5-18(3)26(24(27)19-10-12-21(28-4)13-11-19)14-20-16-30-23(25-20)15-29-22-9-7-6-8-17(22)2/h6-13,16,18H,5,14-15H2,1-4H3/t18-/m1/s1. The van der Waals surface area contributed by atoms with Gasteiger partial charge in [-0.3, -0.25) is 4.79 Å². The number of carbonyl (C=O) groups excluding carboxylic acids is 1. The fourth-order valence-corrected chi connectivity index (χ4v) is 3.76. The van der Waals surface area contributed by atoms with Crippen LogP contribution in [-0.2, 0) is 13.2 Å². The number of nitrogens with zero attached hydrogens (tertiary/aromatic N) is 2. The number of benzene rings is 2. The minimum absolute atomic E-state index is 0.00212. The number of aromatic nitrogens is 1. The van der Waals surface area contributed by atoms with E-state index in [0.717, 1.165) is 34.2 Å². The van der Waals surface area contributed by atoms with Crippen molar-refractivity contribution in [2.75, 3.05) is 7.11 Å². The lowest BCUT2D eigenvalue weighted by molar-refractivity contribution is 0.0669. The fraction of sp³-hybridized carbons (Fsp3) is 0.333. The van der Waals surface area contributed by atoms with Gasteiger partial charge in [0, 0.05) is 17.0 Å². The van der Waals surface area contributed by atoms with Crippen LogP contribution in [0.4, 0.5) is 0 Å². The Balaban J connectivity index is 1.69. The van der Waals surface area contributed by atoms with Gasteiger partial charge in [0.2, 0.25) is 0 Å². The summed E-state index contributed by atoms with van der Waals surface area (Å²) in [4.78, 5) is 19.7. The van der Waals surface area contributed by atoms with Gasteiger partial charge in [-0.05, 0) is 56.2 Å². The number of thiazole rings is 1. The molecule has 30 heavy (non-hydrogen) atoms. The summed E-state index contributed by atoms with van der Waals surface area (Å²) in [6.45, 7) is 7.07. The maximum atomic E-state index is 13.1. The number of hydrogen-bond acceptors (Lipinski definition) is 5. The number of ether oxygens (including phenoxy) is 2. The normalized spacial score (nSPS) is 11.7. The largest absolute Gasteiger partial charge is 0.497 e. The van der Waals surface area contributed by atoms with Crippen LogP contribution in [0.25, 0.3) is 0 Å². The zero-order valence-corrected chi connectivity index (χ0v) is 18.7. The molecule has 3 aromatic rings. The first-order chi connectivity index (χ1) is 14.5. The molecule has 5 nitrogen and oxygen atoms in total. The number of aryl methyl sites for hydroxylation is 1. The highest BCUT2D eigenvalue weighted by Crippen LogP contribution is 2.21. The molecule has 1 heterocycles. The molecule has 1 amide bonds. The second-order valence-corrected chi connectivity index (χ2v) is 8.15. The van der Waals surface area contributed by atoms with Gasteiger partial charge in [0.15, 0.2) is 0 Å². The zero-order valence-electron chi connectivity index (χ0n) is 17.9. The van der Waals surface area contributed by atoms with Gasteiger partial charge in [0.25, 0.3) is 5.91 Å². The highest BCUT2D eigenvalue weighted by Gasteiger charge is 2.22. The molecular weight excluding hydrogens is 396 g/mol. The molecule has 0 spiro atoms. The van der Waals surface area contributed by atoms with Gasteiger partial charge in [-0.1, -0.05) is 25.1 Å². The van der Waals surface area contributed by atoms with E-state index in [0.29, 0.717) is 18.7 Å². The Bertz CT molecular complexity index is 969. The van der Waals surface area contributed by atoms with Crippen LogP contribution in [0.3, 0.4) is 0 Å². The first kappa shape index (κ1) is 21.8. The van der Waals surface area contributed by atoms with E-state index in [4.69, 9.17) is 14.5 Å². The molecule has 1 atom stereocenters. The minimum Gasteiger partial charge on any atom is -0.497 e. The number of carbonyl (C=O) groups is 1. The summed E-state index contributed by atoms with van der Waals surface area (Å²) in [6.07, 6.45) is 0.870. The van der Waals surface area contributed by atoms with Crippen LogP contribution >= 0.6 is 11.3 Å². The van der Waals surface area contributed by atoms with E-state index in [1.807, 2.05) is 53.6 Å². The van der Waals surface area contributed by atoms with Gasteiger partial charge in [-0.25, -0.2) is 4.98 Å². The molecule has 0 bridgehead atoms. The SMILES string of the molecule is CC[C@@H](C)N(Cc1csc(COc2ccccc2C)n1)C(=O)c1ccc(OC)cc1. The third-order valence-electron chi connectivity index (χ3n) is 5.10. The maximum absolute atomic E-state index is 13.1. The van der Waals surface area contributed by atoms with E-state index in [9.17, 15) is 4.79 Å². The number of methoxy groups -OCH3 is 1. The Morgan fingerprint density at radius 2 is 1.90 bits per heavy atom. The fourth-order valence-electron chi connectivity index (χ4n) is 3.07. The Morgan fingerprint density at radius 1 is 1.17 bits per heavy atom. The minimum atomic E-state index is -0.00212. The molecule has 2 aromatic carbocycles. The third-order valence-corrected chi connectivity index (χ3v) is 5.97. The molecular formula is C24H28N2O3S. The van der Waals surface area contributed by atoms with Crippen molar-refractivity contribution in [3.05, 3.63) is 75.7 Å². The predicted molar refractivity (Wildman–Crippen MR) is 120 cm³/mol. The molecule has 0 N–H and O–H groups in total. The van der Waals surface area contributed by atoms with Crippen molar-refractivity contribution < 1.29 is 14.3 Å². The van der Waals surface area contributed by atoms with Gasteiger partial charge in [0.1, 0.15) is 23.1 Å². The molecule has 0 radical (unpaired) electrons. The average molecular weight is 425 g/mol. The number of para-hydroxylation sites is 1. The molecule has 158 valence electrons. The first-order valence-electron chi connectivity index (χ1n) is 10.1. The van der Waals surface area contributed by atoms with Crippen LogP contribution < -0.4 is 9.47 Å². The van der Waals surface area contributed by atoms with Crippen LogP contribution in [0, 0.1) is 6.92 Å². The molecule has 3 rings (SSSR count). The van der Waals surface area contributed by atoms with Crippen LogP contribution in [0.15, 0.2) is 53.9 Å². The molecule has 0 saturated heterocycles. The van der Waals surface area contributed by atoms with E-state index >= 15 is 0 Å². The van der Waals surface area contributed by atoms with E-state index < -0.39 is 0 Å². The van der Waals surface area contributed by atoms with E-state index in [-0.39, 0.29) is 11.9 Å². The van der Waals surface area contributed by atoms with Crippen molar-refractivity contribution in [1.29, 1.82) is 0 Å². The zero-order chi connectivity index (χ0) is 21.5. The van der Waals surface area contributed by atoms with Crippen molar-refractivity contribution >= 4 is 17.2 Å². The number of amides is 1. The van der Waals surface area contributed by atoms with Gasteiger partial charge in [-0.15, -0.1) is 11.3 Å². The summed E-state index contributed by atoms with van der Waals surface area (Å²) in [5.74, 6) is 1.60. The van der Waals surface area contributed by atoms with E-state index in [1.54, 1.807) is 30.6 Å². The summed E-state index contributed by atoms with van der Waals surface area (Å²) in [7, 11) is 1.62. The molecule has 1 aromatic heterocycles. The maximum Gasteiger partial charge on any atom is 0.254 e. The second-order valence-electron chi connectivity index (χ2n) is 7.21. The van der Waals surface area contributed by atoms with Crippen LogP contribution in [0.2, 0.25) is 0 Å². The highest BCUT2D eigenvalue weighted by atomic mass is 32.1. The summed E-state index contributed by atoms with van der Waals surface area (Å²) in [5.41, 5.74) is 2.63. The Kier molecular flexibility index (Phi) is 7.46. The summed E-state index contributed by atoms with van der Waals surface area (Å²) in [6, 6.07) is 15.3. The van der Waals surface area contributed by atoms with E-state index in [1.165, 1.54) is 0 Å². The molecule has 0 aliphatic carbocycles. The summed E-state index contributed by atoms with van der Waals surface area (Å²) < 4.78 is 11.1. The summed E-state index contributed by atoms with van der Waals surface area (Å²) >= 11 is 1.56. The van der Waals surface area contributed by atoms with Gasteiger partial charge in [-0.2, -0.15) is 0 Å². The smallest absolute Gasteiger partial charge is 0.254 e. The van der Waals surface area contributed by atoms with Gasteiger partial charge in [0.05, 0.1) is 19.3 Å². The van der Waals surface area contributed by atoms with Gasteiger partial charge < -0.3 is 14.4 Å². The molecule has 0 aliphatic heterocycles. The Hall–Kier alpha value is -2.86. The lowest BCUT2D eigenvalue weighted by atomic mass is 10.1. The van der Waals surface area contributed by atoms with Gasteiger partial charge >= 0.3 is 0 Å². The van der Waals surface area contributed by atoms with Crippen molar-refractivity contribution in [3.8, 4) is 11.5 Å². The quantitative estimate of drug-likeness (QED) is 0.456. The summed E-state index contributed by atoms with van der Waals surface area (Å²) in [5, 5.41) is 2.90. The van der Waals surface area contributed by atoms with Crippen molar-refractivity contribution in [3.63, 3.8) is 0 Å².